The summed E-state index contributed by atoms with van der Waals surface area (Å²) in [6, 6.07) is 5.06. The van der Waals surface area contributed by atoms with Crippen LogP contribution in [-0.4, -0.2) is 24.2 Å². The first-order valence-electron chi connectivity index (χ1n) is 6.68. The lowest BCUT2D eigenvalue weighted by Crippen LogP contribution is -2.35. The van der Waals surface area contributed by atoms with E-state index in [1.807, 2.05) is 13.8 Å². The second kappa shape index (κ2) is 6.93. The van der Waals surface area contributed by atoms with Crippen molar-refractivity contribution in [3.63, 3.8) is 0 Å². The highest BCUT2D eigenvalue weighted by Crippen LogP contribution is 2.32. The van der Waals surface area contributed by atoms with E-state index in [0.29, 0.717) is 13.0 Å². The summed E-state index contributed by atoms with van der Waals surface area (Å²) >= 11 is 0. The number of hydrogen-bond donors (Lipinski definition) is 2. The number of aliphatic hydroxyl groups is 1. The van der Waals surface area contributed by atoms with E-state index < -0.39 is 17.6 Å². The van der Waals surface area contributed by atoms with Crippen molar-refractivity contribution in [1.82, 2.24) is 5.32 Å². The Morgan fingerprint density at radius 2 is 1.86 bits per heavy atom. The van der Waals surface area contributed by atoms with Crippen LogP contribution in [0.15, 0.2) is 24.3 Å². The lowest BCUT2D eigenvalue weighted by molar-refractivity contribution is -0.138. The molecule has 0 aromatic heterocycles. The Hall–Kier alpha value is -1.56. The molecule has 0 saturated carbocycles. The Labute approximate surface area is 122 Å². The Morgan fingerprint density at radius 1 is 1.24 bits per heavy atom. The fourth-order valence-corrected chi connectivity index (χ4v) is 1.92. The van der Waals surface area contributed by atoms with E-state index in [-0.39, 0.29) is 24.0 Å². The van der Waals surface area contributed by atoms with Crippen LogP contribution in [0, 0.1) is 5.41 Å². The van der Waals surface area contributed by atoms with E-state index in [9.17, 15) is 18.0 Å². The molecule has 0 heterocycles. The van der Waals surface area contributed by atoms with Gasteiger partial charge in [-0.05, 0) is 23.5 Å². The topological polar surface area (TPSA) is 49.3 Å². The van der Waals surface area contributed by atoms with Gasteiger partial charge in [-0.1, -0.05) is 32.0 Å². The summed E-state index contributed by atoms with van der Waals surface area (Å²) in [6.07, 6.45) is -4.27. The van der Waals surface area contributed by atoms with Gasteiger partial charge in [-0.3, -0.25) is 4.79 Å². The number of hydrogen-bond acceptors (Lipinski definition) is 2. The first kappa shape index (κ1) is 17.5. The molecule has 2 N–H and O–H groups in total. The molecule has 0 aliphatic rings. The van der Waals surface area contributed by atoms with E-state index in [4.69, 9.17) is 5.11 Å². The lowest BCUT2D eigenvalue weighted by Gasteiger charge is -2.24. The van der Waals surface area contributed by atoms with Gasteiger partial charge in [0.2, 0.25) is 5.91 Å². The number of carbonyl (C=O) groups excluding carboxylic acids is 1. The fourth-order valence-electron chi connectivity index (χ4n) is 1.92. The van der Waals surface area contributed by atoms with Crippen molar-refractivity contribution in [2.75, 3.05) is 13.2 Å². The normalized spacial score (nSPS) is 12.3. The van der Waals surface area contributed by atoms with Gasteiger partial charge in [-0.25, -0.2) is 0 Å². The van der Waals surface area contributed by atoms with Crippen LogP contribution < -0.4 is 5.32 Å². The molecule has 0 bridgehead atoms. The number of halogens is 3. The molecule has 0 unspecified atom stereocenters. The molecule has 0 radical (unpaired) electrons. The fraction of sp³-hybridized carbons (Fsp3) is 0.533. The second-order valence-corrected chi connectivity index (χ2v) is 5.75. The monoisotopic (exact) mass is 303 g/mol. The van der Waals surface area contributed by atoms with Crippen LogP contribution in [0.2, 0.25) is 0 Å². The summed E-state index contributed by atoms with van der Waals surface area (Å²) in [7, 11) is 0. The van der Waals surface area contributed by atoms with Gasteiger partial charge in [-0.15, -0.1) is 0 Å². The first-order chi connectivity index (χ1) is 9.65. The molecule has 1 aromatic carbocycles. The Morgan fingerprint density at radius 3 is 2.43 bits per heavy atom. The zero-order valence-corrected chi connectivity index (χ0v) is 12.1. The van der Waals surface area contributed by atoms with Crippen molar-refractivity contribution >= 4 is 5.91 Å². The van der Waals surface area contributed by atoms with Crippen molar-refractivity contribution in [3.8, 4) is 0 Å². The first-order valence-corrected chi connectivity index (χ1v) is 6.68. The molecule has 0 saturated heterocycles. The van der Waals surface area contributed by atoms with Crippen molar-refractivity contribution in [2.24, 2.45) is 5.41 Å². The SMILES string of the molecule is CC(C)(CCO)CNC(=O)Cc1ccccc1C(F)(F)F. The van der Waals surface area contributed by atoms with E-state index in [1.165, 1.54) is 18.2 Å². The smallest absolute Gasteiger partial charge is 0.396 e. The van der Waals surface area contributed by atoms with Crippen LogP contribution in [0.1, 0.15) is 31.4 Å². The van der Waals surface area contributed by atoms with Crippen LogP contribution in [-0.2, 0) is 17.4 Å². The van der Waals surface area contributed by atoms with Gasteiger partial charge < -0.3 is 10.4 Å². The quantitative estimate of drug-likeness (QED) is 0.849. The molecule has 0 atom stereocenters. The van der Waals surface area contributed by atoms with Crippen LogP contribution in [0.25, 0.3) is 0 Å². The van der Waals surface area contributed by atoms with Crippen LogP contribution in [0.5, 0.6) is 0 Å². The summed E-state index contributed by atoms with van der Waals surface area (Å²) in [4.78, 5) is 11.8. The molecule has 0 spiro atoms. The van der Waals surface area contributed by atoms with Gasteiger partial charge in [0.1, 0.15) is 0 Å². The van der Waals surface area contributed by atoms with Crippen molar-refractivity contribution in [2.45, 2.75) is 32.9 Å². The molecule has 0 aliphatic carbocycles. The van der Waals surface area contributed by atoms with Gasteiger partial charge in [0, 0.05) is 13.2 Å². The minimum absolute atomic E-state index is 0.000221. The number of amides is 1. The molecule has 0 fully saturated rings. The zero-order valence-electron chi connectivity index (χ0n) is 12.1. The molecule has 6 heteroatoms. The molecular formula is C15H20F3NO2. The van der Waals surface area contributed by atoms with Gasteiger partial charge >= 0.3 is 6.18 Å². The summed E-state index contributed by atoms with van der Waals surface area (Å²) in [5.74, 6) is -0.460. The molecular weight excluding hydrogens is 283 g/mol. The Bertz CT molecular complexity index is 484. The summed E-state index contributed by atoms with van der Waals surface area (Å²) in [5.41, 5.74) is -1.12. The molecule has 1 amide bonds. The molecule has 0 aliphatic heterocycles. The number of benzene rings is 1. The van der Waals surface area contributed by atoms with Crippen LogP contribution in [0.3, 0.4) is 0 Å². The maximum Gasteiger partial charge on any atom is 0.416 e. The average molecular weight is 303 g/mol. The minimum Gasteiger partial charge on any atom is -0.396 e. The number of nitrogens with one attached hydrogen (secondary N) is 1. The van der Waals surface area contributed by atoms with E-state index >= 15 is 0 Å². The van der Waals surface area contributed by atoms with Crippen LogP contribution in [0.4, 0.5) is 13.2 Å². The highest BCUT2D eigenvalue weighted by Gasteiger charge is 2.33. The predicted octanol–water partition coefficient (Wildman–Crippen LogP) is 2.77. The average Bonchev–Trinajstić information content (AvgIpc) is 2.36. The van der Waals surface area contributed by atoms with Crippen molar-refractivity contribution in [3.05, 3.63) is 35.4 Å². The summed E-state index contributed by atoms with van der Waals surface area (Å²) in [6.45, 7) is 4.04. The van der Waals surface area contributed by atoms with Crippen molar-refractivity contribution in [1.29, 1.82) is 0 Å². The number of aliphatic hydroxyl groups excluding tert-OH is 1. The molecule has 118 valence electrons. The maximum atomic E-state index is 12.8. The summed E-state index contributed by atoms with van der Waals surface area (Å²) in [5, 5.41) is 11.5. The van der Waals surface area contributed by atoms with Gasteiger partial charge in [0.15, 0.2) is 0 Å². The molecule has 1 rings (SSSR count). The van der Waals surface area contributed by atoms with Crippen molar-refractivity contribution < 1.29 is 23.1 Å². The Kier molecular flexibility index (Phi) is 5.78. The molecule has 1 aromatic rings. The third-order valence-corrected chi connectivity index (χ3v) is 3.23. The number of alkyl halides is 3. The minimum atomic E-state index is -4.47. The standard InChI is InChI=1S/C15H20F3NO2/c1-14(2,7-8-20)10-19-13(21)9-11-5-3-4-6-12(11)15(16,17)18/h3-6,20H,7-10H2,1-2H3,(H,19,21). The molecule has 3 nitrogen and oxygen atoms in total. The van der Waals surface area contributed by atoms with E-state index in [1.54, 1.807) is 0 Å². The number of carbonyl (C=O) groups is 1. The molecule has 21 heavy (non-hydrogen) atoms. The highest BCUT2D eigenvalue weighted by atomic mass is 19.4. The van der Waals surface area contributed by atoms with Gasteiger partial charge in [-0.2, -0.15) is 13.2 Å². The lowest BCUT2D eigenvalue weighted by atomic mass is 9.89. The highest BCUT2D eigenvalue weighted by molar-refractivity contribution is 5.79. The largest absolute Gasteiger partial charge is 0.416 e. The third-order valence-electron chi connectivity index (χ3n) is 3.23. The summed E-state index contributed by atoms with van der Waals surface area (Å²) < 4.78 is 38.4. The predicted molar refractivity (Wildman–Crippen MR) is 73.6 cm³/mol. The third kappa shape index (κ3) is 5.75. The van der Waals surface area contributed by atoms with E-state index in [0.717, 1.165) is 6.07 Å². The maximum absolute atomic E-state index is 12.8. The van der Waals surface area contributed by atoms with Gasteiger partial charge in [0.05, 0.1) is 12.0 Å². The number of rotatable bonds is 6. The van der Waals surface area contributed by atoms with Gasteiger partial charge in [0.25, 0.3) is 0 Å². The van der Waals surface area contributed by atoms with Crippen LogP contribution >= 0.6 is 0 Å². The Balaban J connectivity index is 2.68. The van der Waals surface area contributed by atoms with E-state index in [2.05, 4.69) is 5.32 Å². The second-order valence-electron chi connectivity index (χ2n) is 5.75. The zero-order chi connectivity index (χ0) is 16.1.